The van der Waals surface area contributed by atoms with Gasteiger partial charge in [-0.05, 0) is 42.9 Å². The minimum Gasteiger partial charge on any atom is -0.328 e. The normalized spacial score (nSPS) is 34.8. The molecule has 0 bridgehead atoms. The van der Waals surface area contributed by atoms with Crippen LogP contribution in [0.2, 0.25) is 5.02 Å². The number of hydrazine groups is 1. The zero-order chi connectivity index (χ0) is 11.8. The van der Waals surface area contributed by atoms with Crippen LogP contribution in [-0.4, -0.2) is 12.1 Å². The van der Waals surface area contributed by atoms with Crippen LogP contribution < -0.4 is 16.6 Å². The van der Waals surface area contributed by atoms with E-state index in [-0.39, 0.29) is 12.4 Å². The minimum absolute atomic E-state index is 0. The lowest BCUT2D eigenvalue weighted by Crippen LogP contribution is -2.39. The van der Waals surface area contributed by atoms with Gasteiger partial charge in [0.15, 0.2) is 0 Å². The molecular weight excluding hydrogens is 269 g/mol. The summed E-state index contributed by atoms with van der Waals surface area (Å²) in [6.07, 6.45) is 3.39. The van der Waals surface area contributed by atoms with Crippen molar-refractivity contribution in [1.29, 1.82) is 0 Å². The van der Waals surface area contributed by atoms with E-state index in [0.717, 1.165) is 17.9 Å². The quantitative estimate of drug-likeness (QED) is 0.744. The summed E-state index contributed by atoms with van der Waals surface area (Å²) in [6, 6.07) is 9.39. The Labute approximate surface area is 119 Å². The first-order chi connectivity index (χ1) is 8.24. The van der Waals surface area contributed by atoms with Crippen LogP contribution in [0.4, 0.5) is 0 Å². The third-order valence-electron chi connectivity index (χ3n) is 4.02. The molecule has 18 heavy (non-hydrogen) atoms. The Morgan fingerprint density at radius 1 is 1.11 bits per heavy atom. The fraction of sp³-hybridized carbons (Fsp3) is 0.538. The predicted octanol–water partition coefficient (Wildman–Crippen LogP) is 2.41. The Balaban J connectivity index is 0.00000120. The highest BCUT2D eigenvalue weighted by molar-refractivity contribution is 6.30. The van der Waals surface area contributed by atoms with Gasteiger partial charge in [-0.1, -0.05) is 23.7 Å². The molecule has 4 atom stereocenters. The number of fused-ring (bicyclic) bond motifs is 1. The second-order valence-corrected chi connectivity index (χ2v) is 5.60. The Hall–Kier alpha value is -0.320. The molecule has 1 heterocycles. The molecule has 2 aliphatic rings. The summed E-state index contributed by atoms with van der Waals surface area (Å²) in [5.41, 5.74) is 14.2. The van der Waals surface area contributed by atoms with Gasteiger partial charge >= 0.3 is 0 Å². The molecule has 1 aliphatic heterocycles. The van der Waals surface area contributed by atoms with Crippen LogP contribution in [0, 0.1) is 5.92 Å². The van der Waals surface area contributed by atoms with Crippen LogP contribution in [0.5, 0.6) is 0 Å². The maximum atomic E-state index is 6.08. The summed E-state index contributed by atoms with van der Waals surface area (Å²) in [4.78, 5) is 0. The SMILES string of the molecule is Cl.NC1CCC2NNC(c3ccc(Cl)cc3)C2C1. The number of rotatable bonds is 1. The Bertz CT molecular complexity index is 396. The van der Waals surface area contributed by atoms with Gasteiger partial charge in [0.25, 0.3) is 0 Å². The van der Waals surface area contributed by atoms with Gasteiger partial charge in [-0.15, -0.1) is 12.4 Å². The monoisotopic (exact) mass is 287 g/mol. The lowest BCUT2D eigenvalue weighted by molar-refractivity contribution is 0.279. The first-order valence-electron chi connectivity index (χ1n) is 6.26. The van der Waals surface area contributed by atoms with Crippen molar-refractivity contribution in [3.8, 4) is 0 Å². The molecule has 1 saturated heterocycles. The number of benzene rings is 1. The number of hydrogen-bond donors (Lipinski definition) is 3. The van der Waals surface area contributed by atoms with Crippen molar-refractivity contribution in [2.45, 2.75) is 37.4 Å². The zero-order valence-corrected chi connectivity index (χ0v) is 11.7. The molecule has 1 aliphatic carbocycles. The van der Waals surface area contributed by atoms with Gasteiger partial charge in [-0.2, -0.15) is 0 Å². The van der Waals surface area contributed by atoms with Crippen LogP contribution in [0.1, 0.15) is 30.9 Å². The fourth-order valence-corrected chi connectivity index (χ4v) is 3.22. The van der Waals surface area contributed by atoms with Crippen molar-refractivity contribution >= 4 is 24.0 Å². The first-order valence-corrected chi connectivity index (χ1v) is 6.64. The van der Waals surface area contributed by atoms with Crippen LogP contribution in [0.3, 0.4) is 0 Å². The molecule has 1 saturated carbocycles. The van der Waals surface area contributed by atoms with Gasteiger partial charge in [0.05, 0.1) is 6.04 Å². The standard InChI is InChI=1S/C13H18ClN3.ClH/c14-9-3-1-8(2-4-9)13-11-7-10(15)5-6-12(11)16-17-13;/h1-4,10-13,16-17H,5-7,15H2;1H. The summed E-state index contributed by atoms with van der Waals surface area (Å²) < 4.78 is 0. The van der Waals surface area contributed by atoms with Gasteiger partial charge in [-0.25, -0.2) is 5.43 Å². The van der Waals surface area contributed by atoms with E-state index < -0.39 is 0 Å². The van der Waals surface area contributed by atoms with Crippen LogP contribution in [0.15, 0.2) is 24.3 Å². The van der Waals surface area contributed by atoms with E-state index in [0.29, 0.717) is 24.0 Å². The van der Waals surface area contributed by atoms with Gasteiger partial charge in [0.2, 0.25) is 0 Å². The first kappa shape index (κ1) is 14.1. The molecule has 0 amide bonds. The Morgan fingerprint density at radius 3 is 2.56 bits per heavy atom. The molecular formula is C13H19Cl2N3. The molecule has 2 fully saturated rings. The van der Waals surface area contributed by atoms with Gasteiger partial charge in [0, 0.05) is 17.1 Å². The van der Waals surface area contributed by atoms with Gasteiger partial charge < -0.3 is 5.73 Å². The largest absolute Gasteiger partial charge is 0.328 e. The number of nitrogens with one attached hydrogen (secondary N) is 2. The van der Waals surface area contributed by atoms with Crippen molar-refractivity contribution in [3.05, 3.63) is 34.9 Å². The molecule has 0 radical (unpaired) electrons. The van der Waals surface area contributed by atoms with Crippen molar-refractivity contribution in [1.82, 2.24) is 10.9 Å². The zero-order valence-electron chi connectivity index (χ0n) is 10.1. The topological polar surface area (TPSA) is 50.1 Å². The Morgan fingerprint density at radius 2 is 1.83 bits per heavy atom. The van der Waals surface area contributed by atoms with Crippen molar-refractivity contribution in [2.24, 2.45) is 11.7 Å². The van der Waals surface area contributed by atoms with E-state index in [9.17, 15) is 0 Å². The second-order valence-electron chi connectivity index (χ2n) is 5.16. The average molecular weight is 288 g/mol. The van der Waals surface area contributed by atoms with E-state index in [1.807, 2.05) is 12.1 Å². The molecule has 0 spiro atoms. The average Bonchev–Trinajstić information content (AvgIpc) is 2.73. The molecule has 1 aromatic carbocycles. The molecule has 100 valence electrons. The summed E-state index contributed by atoms with van der Waals surface area (Å²) >= 11 is 5.92. The molecule has 5 heteroatoms. The molecule has 3 rings (SSSR count). The second kappa shape index (κ2) is 5.76. The fourth-order valence-electron chi connectivity index (χ4n) is 3.09. The van der Waals surface area contributed by atoms with Crippen LogP contribution in [-0.2, 0) is 0 Å². The number of nitrogens with two attached hydrogens (primary N) is 1. The highest BCUT2D eigenvalue weighted by Crippen LogP contribution is 2.37. The van der Waals surface area contributed by atoms with E-state index in [1.165, 1.54) is 12.0 Å². The number of halogens is 2. The molecule has 4 unspecified atom stereocenters. The summed E-state index contributed by atoms with van der Waals surface area (Å²) in [7, 11) is 0. The van der Waals surface area contributed by atoms with Gasteiger partial charge in [0.1, 0.15) is 0 Å². The van der Waals surface area contributed by atoms with Crippen LogP contribution >= 0.6 is 24.0 Å². The Kier molecular flexibility index (Phi) is 4.51. The van der Waals surface area contributed by atoms with E-state index in [1.54, 1.807) is 0 Å². The van der Waals surface area contributed by atoms with Crippen LogP contribution in [0.25, 0.3) is 0 Å². The molecule has 3 nitrogen and oxygen atoms in total. The highest BCUT2D eigenvalue weighted by atomic mass is 35.5. The van der Waals surface area contributed by atoms with Crippen molar-refractivity contribution in [3.63, 3.8) is 0 Å². The summed E-state index contributed by atoms with van der Waals surface area (Å²) in [5, 5.41) is 0.789. The van der Waals surface area contributed by atoms with E-state index >= 15 is 0 Å². The maximum Gasteiger partial charge on any atom is 0.0506 e. The van der Waals surface area contributed by atoms with Crippen molar-refractivity contribution < 1.29 is 0 Å². The van der Waals surface area contributed by atoms with E-state index in [4.69, 9.17) is 17.3 Å². The predicted molar refractivity (Wildman–Crippen MR) is 76.8 cm³/mol. The van der Waals surface area contributed by atoms with E-state index in [2.05, 4.69) is 23.0 Å². The summed E-state index contributed by atoms with van der Waals surface area (Å²) in [6.45, 7) is 0. The highest BCUT2D eigenvalue weighted by Gasteiger charge is 2.39. The lowest BCUT2D eigenvalue weighted by Gasteiger charge is -2.31. The van der Waals surface area contributed by atoms with Gasteiger partial charge in [-0.3, -0.25) is 5.43 Å². The minimum atomic E-state index is 0. The number of hydrogen-bond acceptors (Lipinski definition) is 3. The van der Waals surface area contributed by atoms with Crippen molar-refractivity contribution in [2.75, 3.05) is 0 Å². The molecule has 1 aromatic rings. The summed E-state index contributed by atoms with van der Waals surface area (Å²) in [5.74, 6) is 0.597. The lowest BCUT2D eigenvalue weighted by atomic mass is 9.77. The smallest absolute Gasteiger partial charge is 0.0506 e. The molecule has 0 aromatic heterocycles. The third kappa shape index (κ3) is 2.65. The maximum absolute atomic E-state index is 6.08. The molecule has 4 N–H and O–H groups in total. The third-order valence-corrected chi connectivity index (χ3v) is 4.27.